The molecule has 0 amide bonds. The summed E-state index contributed by atoms with van der Waals surface area (Å²) in [5, 5.41) is 0. The summed E-state index contributed by atoms with van der Waals surface area (Å²) in [5.41, 5.74) is 6.66. The molecular formula is C13H19NO4. The molecule has 0 saturated heterocycles. The first-order valence-electron chi connectivity index (χ1n) is 6.09. The van der Waals surface area contributed by atoms with Crippen LogP contribution in [0.3, 0.4) is 0 Å². The number of hydrogen-bond acceptors (Lipinski definition) is 5. The van der Waals surface area contributed by atoms with Crippen LogP contribution in [0.15, 0.2) is 12.1 Å². The number of ether oxygens (including phenoxy) is 4. The number of methoxy groups -OCH3 is 1. The van der Waals surface area contributed by atoms with Gasteiger partial charge < -0.3 is 24.7 Å². The fourth-order valence-electron chi connectivity index (χ4n) is 1.84. The average Bonchev–Trinajstić information content (AvgIpc) is 2.82. The molecule has 2 rings (SSSR count). The minimum Gasteiger partial charge on any atom is -0.493 e. The highest BCUT2D eigenvalue weighted by molar-refractivity contribution is 5.51. The van der Waals surface area contributed by atoms with E-state index in [1.165, 1.54) is 0 Å². The molecule has 2 N–H and O–H groups in total. The third kappa shape index (κ3) is 3.05. The molecule has 0 aromatic heterocycles. The third-order valence-electron chi connectivity index (χ3n) is 2.72. The Balaban J connectivity index is 2.06. The lowest BCUT2D eigenvalue weighted by Gasteiger charge is -2.12. The lowest BCUT2D eigenvalue weighted by atomic mass is 10.1. The van der Waals surface area contributed by atoms with Gasteiger partial charge in [0.2, 0.25) is 6.79 Å². The Morgan fingerprint density at radius 2 is 2.00 bits per heavy atom. The smallest absolute Gasteiger partial charge is 0.231 e. The van der Waals surface area contributed by atoms with E-state index >= 15 is 0 Å². The van der Waals surface area contributed by atoms with E-state index < -0.39 is 0 Å². The number of hydrogen-bond donors (Lipinski definition) is 1. The summed E-state index contributed by atoms with van der Waals surface area (Å²) < 4.78 is 21.4. The fraction of sp³-hybridized carbons (Fsp3) is 0.538. The summed E-state index contributed by atoms with van der Waals surface area (Å²) >= 11 is 0. The Kier molecular flexibility index (Phi) is 4.66. The van der Waals surface area contributed by atoms with Crippen LogP contribution in [-0.2, 0) is 11.2 Å². The lowest BCUT2D eigenvalue weighted by molar-refractivity contribution is 0.170. The van der Waals surface area contributed by atoms with Crippen molar-refractivity contribution < 1.29 is 18.9 Å². The van der Waals surface area contributed by atoms with Gasteiger partial charge in [-0.15, -0.1) is 0 Å². The molecule has 1 heterocycles. The van der Waals surface area contributed by atoms with Crippen molar-refractivity contribution in [1.29, 1.82) is 0 Å². The van der Waals surface area contributed by atoms with Crippen LogP contribution in [0, 0.1) is 0 Å². The van der Waals surface area contributed by atoms with Gasteiger partial charge >= 0.3 is 0 Å². The topological polar surface area (TPSA) is 62.9 Å². The first kappa shape index (κ1) is 13.0. The molecule has 0 fully saturated rings. The van der Waals surface area contributed by atoms with Gasteiger partial charge in [0.25, 0.3) is 0 Å². The van der Waals surface area contributed by atoms with E-state index in [0.717, 1.165) is 35.7 Å². The summed E-state index contributed by atoms with van der Waals surface area (Å²) in [7, 11) is 1.68. The summed E-state index contributed by atoms with van der Waals surface area (Å²) in [5.74, 6) is 2.32. The van der Waals surface area contributed by atoms with E-state index in [4.69, 9.17) is 24.7 Å². The Morgan fingerprint density at radius 3 is 2.72 bits per heavy atom. The molecule has 0 spiro atoms. The molecule has 0 bridgehead atoms. The zero-order valence-electron chi connectivity index (χ0n) is 10.6. The SMILES string of the molecule is COCCCOc1cc2c(cc1CCN)OCO2. The molecular weight excluding hydrogens is 234 g/mol. The third-order valence-corrected chi connectivity index (χ3v) is 2.72. The normalized spacial score (nSPS) is 12.8. The fourth-order valence-corrected chi connectivity index (χ4v) is 1.84. The predicted octanol–water partition coefficient (Wildman–Crippen LogP) is 1.33. The maximum Gasteiger partial charge on any atom is 0.231 e. The van der Waals surface area contributed by atoms with Crippen LogP contribution in [0.2, 0.25) is 0 Å². The maximum atomic E-state index is 5.75. The summed E-state index contributed by atoms with van der Waals surface area (Å²) in [6.45, 7) is 2.15. The Labute approximate surface area is 107 Å². The van der Waals surface area contributed by atoms with Crippen molar-refractivity contribution in [2.24, 2.45) is 5.73 Å². The first-order chi connectivity index (χ1) is 8.85. The van der Waals surface area contributed by atoms with Crippen LogP contribution in [0.4, 0.5) is 0 Å². The van der Waals surface area contributed by atoms with E-state index in [9.17, 15) is 0 Å². The van der Waals surface area contributed by atoms with Gasteiger partial charge in [0.05, 0.1) is 6.61 Å². The van der Waals surface area contributed by atoms with Crippen molar-refractivity contribution in [1.82, 2.24) is 0 Å². The minimum absolute atomic E-state index is 0.268. The number of fused-ring (bicyclic) bond motifs is 1. The Hall–Kier alpha value is -1.46. The second-order valence-electron chi connectivity index (χ2n) is 4.05. The van der Waals surface area contributed by atoms with Gasteiger partial charge in [0.15, 0.2) is 11.5 Å². The van der Waals surface area contributed by atoms with Crippen molar-refractivity contribution in [3.8, 4) is 17.2 Å². The van der Waals surface area contributed by atoms with E-state index in [-0.39, 0.29) is 6.79 Å². The van der Waals surface area contributed by atoms with E-state index in [2.05, 4.69) is 0 Å². The van der Waals surface area contributed by atoms with Gasteiger partial charge in [-0.25, -0.2) is 0 Å². The second-order valence-corrected chi connectivity index (χ2v) is 4.05. The van der Waals surface area contributed by atoms with Gasteiger partial charge in [0, 0.05) is 26.2 Å². The Bertz CT molecular complexity index is 395. The largest absolute Gasteiger partial charge is 0.493 e. The highest BCUT2D eigenvalue weighted by atomic mass is 16.7. The zero-order chi connectivity index (χ0) is 12.8. The summed E-state index contributed by atoms with van der Waals surface area (Å²) in [6, 6.07) is 3.82. The zero-order valence-corrected chi connectivity index (χ0v) is 10.6. The standard InChI is InChI=1S/C13H19NO4/c1-15-5-2-6-16-11-8-13-12(17-9-18-13)7-10(11)3-4-14/h7-8H,2-6,9,14H2,1H3. The molecule has 1 aromatic rings. The van der Waals surface area contributed by atoms with Crippen LogP contribution >= 0.6 is 0 Å². The van der Waals surface area contributed by atoms with Gasteiger partial charge in [-0.1, -0.05) is 0 Å². The van der Waals surface area contributed by atoms with Crippen molar-refractivity contribution >= 4 is 0 Å². The van der Waals surface area contributed by atoms with E-state index in [1.807, 2.05) is 12.1 Å². The van der Waals surface area contributed by atoms with Crippen molar-refractivity contribution in [2.45, 2.75) is 12.8 Å². The first-order valence-corrected chi connectivity index (χ1v) is 6.09. The summed E-state index contributed by atoms with van der Waals surface area (Å²) in [6.07, 6.45) is 1.61. The molecule has 1 aliphatic heterocycles. The monoisotopic (exact) mass is 253 g/mol. The molecule has 5 nitrogen and oxygen atoms in total. The second kappa shape index (κ2) is 6.47. The van der Waals surface area contributed by atoms with Crippen molar-refractivity contribution in [3.63, 3.8) is 0 Å². The van der Waals surface area contributed by atoms with Crippen molar-refractivity contribution in [2.75, 3.05) is 33.7 Å². The molecule has 0 radical (unpaired) electrons. The van der Waals surface area contributed by atoms with E-state index in [0.29, 0.717) is 19.8 Å². The molecule has 0 atom stereocenters. The highest BCUT2D eigenvalue weighted by Crippen LogP contribution is 2.38. The van der Waals surface area contributed by atoms with Crippen LogP contribution in [0.5, 0.6) is 17.2 Å². The van der Waals surface area contributed by atoms with Crippen LogP contribution in [0.25, 0.3) is 0 Å². The van der Waals surface area contributed by atoms with Gasteiger partial charge in [-0.05, 0) is 24.6 Å². The molecule has 100 valence electrons. The maximum absolute atomic E-state index is 5.75. The molecule has 5 heteroatoms. The lowest BCUT2D eigenvalue weighted by Crippen LogP contribution is -2.07. The van der Waals surface area contributed by atoms with Gasteiger partial charge in [0.1, 0.15) is 5.75 Å². The molecule has 1 aromatic carbocycles. The van der Waals surface area contributed by atoms with Crippen molar-refractivity contribution in [3.05, 3.63) is 17.7 Å². The molecule has 0 aliphatic carbocycles. The Morgan fingerprint density at radius 1 is 1.22 bits per heavy atom. The van der Waals surface area contributed by atoms with E-state index in [1.54, 1.807) is 7.11 Å². The number of benzene rings is 1. The molecule has 0 saturated carbocycles. The highest BCUT2D eigenvalue weighted by Gasteiger charge is 2.17. The molecule has 0 unspecified atom stereocenters. The van der Waals surface area contributed by atoms with Crippen LogP contribution < -0.4 is 19.9 Å². The minimum atomic E-state index is 0.268. The average molecular weight is 253 g/mol. The predicted molar refractivity (Wildman–Crippen MR) is 67.3 cm³/mol. The molecule has 18 heavy (non-hydrogen) atoms. The van der Waals surface area contributed by atoms with Gasteiger partial charge in [-0.3, -0.25) is 0 Å². The van der Waals surface area contributed by atoms with Crippen LogP contribution in [0.1, 0.15) is 12.0 Å². The number of rotatable bonds is 7. The molecule has 1 aliphatic rings. The van der Waals surface area contributed by atoms with Gasteiger partial charge in [-0.2, -0.15) is 0 Å². The number of nitrogens with two attached hydrogens (primary N) is 1. The summed E-state index contributed by atoms with van der Waals surface area (Å²) in [4.78, 5) is 0. The quantitative estimate of drug-likeness (QED) is 0.743. The van der Waals surface area contributed by atoms with Crippen LogP contribution in [-0.4, -0.2) is 33.7 Å².